The van der Waals surface area contributed by atoms with Gasteiger partial charge in [0.25, 0.3) is 0 Å². The molecule has 0 amide bonds. The van der Waals surface area contributed by atoms with Crippen LogP contribution in [0.2, 0.25) is 0 Å². The molecule has 1 aromatic rings. The summed E-state index contributed by atoms with van der Waals surface area (Å²) in [5.41, 5.74) is 0.443. The smallest absolute Gasteiger partial charge is 0.400 e. The highest BCUT2D eigenvalue weighted by Crippen LogP contribution is 2.69. The quantitative estimate of drug-likeness (QED) is 0.617. The predicted molar refractivity (Wildman–Crippen MR) is 123 cm³/mol. The lowest BCUT2D eigenvalue weighted by Gasteiger charge is -2.61. The second-order valence-electron chi connectivity index (χ2n) is 11.8. The Morgan fingerprint density at radius 1 is 0.938 bits per heavy atom. The van der Waals surface area contributed by atoms with Crippen molar-refractivity contribution in [3.63, 3.8) is 0 Å². The predicted octanol–water partition coefficient (Wildman–Crippen LogP) is 4.35. The van der Waals surface area contributed by atoms with Crippen LogP contribution in [0.4, 0.5) is 0 Å². The van der Waals surface area contributed by atoms with E-state index in [9.17, 15) is 9.59 Å². The van der Waals surface area contributed by atoms with Gasteiger partial charge in [0.1, 0.15) is 11.4 Å². The Hall–Kier alpha value is -1.46. The van der Waals surface area contributed by atoms with Gasteiger partial charge in [0.2, 0.25) is 0 Å². The summed E-state index contributed by atoms with van der Waals surface area (Å²) in [7, 11) is -0.459. The SMILES string of the molecule is C[C@]12CCC(=O)C[C@H]1CC[C@@H]1[C@@H]2CC[C@@]2(C)[C@H]1CC[C@@]21OB(c2ccccc2)OCC1=O. The fourth-order valence-corrected chi connectivity index (χ4v) is 9.02. The van der Waals surface area contributed by atoms with Crippen LogP contribution in [-0.4, -0.2) is 30.9 Å². The first-order valence-corrected chi connectivity index (χ1v) is 12.8. The van der Waals surface area contributed by atoms with Gasteiger partial charge in [-0.25, -0.2) is 0 Å². The molecule has 0 radical (unpaired) electrons. The highest BCUT2D eigenvalue weighted by Gasteiger charge is 2.69. The molecule has 0 N–H and O–H groups in total. The van der Waals surface area contributed by atoms with Crippen LogP contribution in [0, 0.1) is 34.5 Å². The van der Waals surface area contributed by atoms with Crippen molar-refractivity contribution < 1.29 is 18.9 Å². The van der Waals surface area contributed by atoms with Crippen molar-refractivity contribution in [2.75, 3.05) is 6.61 Å². The van der Waals surface area contributed by atoms with Gasteiger partial charge < -0.3 is 9.31 Å². The van der Waals surface area contributed by atoms with E-state index in [1.54, 1.807) is 0 Å². The monoisotopic (exact) mass is 434 g/mol. The van der Waals surface area contributed by atoms with Crippen LogP contribution in [0.1, 0.15) is 71.6 Å². The Bertz CT molecular complexity index is 933. The molecule has 4 saturated carbocycles. The summed E-state index contributed by atoms with van der Waals surface area (Å²) in [5, 5.41) is 0. The third-order valence-corrected chi connectivity index (χ3v) is 10.8. The van der Waals surface area contributed by atoms with Crippen LogP contribution in [0.3, 0.4) is 0 Å². The van der Waals surface area contributed by atoms with Gasteiger partial charge in [0.15, 0.2) is 5.78 Å². The molecule has 0 bridgehead atoms. The van der Waals surface area contributed by atoms with E-state index >= 15 is 0 Å². The van der Waals surface area contributed by atoms with Crippen LogP contribution in [0.5, 0.6) is 0 Å². The van der Waals surface area contributed by atoms with Gasteiger partial charge in [-0.3, -0.25) is 9.59 Å². The molecule has 0 aromatic heterocycles. The van der Waals surface area contributed by atoms with Gasteiger partial charge in [0, 0.05) is 18.3 Å². The van der Waals surface area contributed by atoms with Crippen LogP contribution in [0.15, 0.2) is 30.3 Å². The Labute approximate surface area is 192 Å². The zero-order valence-electron chi connectivity index (χ0n) is 19.5. The highest BCUT2D eigenvalue weighted by molar-refractivity contribution is 6.62. The topological polar surface area (TPSA) is 52.6 Å². The number of benzene rings is 1. The van der Waals surface area contributed by atoms with Crippen molar-refractivity contribution >= 4 is 24.1 Å². The zero-order valence-corrected chi connectivity index (χ0v) is 19.5. The molecule has 1 heterocycles. The minimum Gasteiger partial charge on any atom is -0.400 e. The zero-order chi connectivity index (χ0) is 22.1. The summed E-state index contributed by atoms with van der Waals surface area (Å²) in [6.07, 6.45) is 9.10. The van der Waals surface area contributed by atoms with E-state index in [4.69, 9.17) is 9.31 Å². The Balaban J connectivity index is 1.31. The normalized spacial score (nSPS) is 46.0. The van der Waals surface area contributed by atoms with Gasteiger partial charge >= 0.3 is 7.12 Å². The first kappa shape index (κ1) is 21.1. The average molecular weight is 434 g/mol. The molecule has 7 atom stereocenters. The van der Waals surface area contributed by atoms with E-state index < -0.39 is 12.7 Å². The highest BCUT2D eigenvalue weighted by atomic mass is 16.6. The summed E-state index contributed by atoms with van der Waals surface area (Å²) in [4.78, 5) is 25.6. The summed E-state index contributed by atoms with van der Waals surface area (Å²) < 4.78 is 12.6. The number of carbonyl (C=O) groups is 2. The van der Waals surface area contributed by atoms with Crippen LogP contribution in [-0.2, 0) is 18.9 Å². The van der Waals surface area contributed by atoms with Crippen molar-refractivity contribution in [2.24, 2.45) is 34.5 Å². The molecule has 5 aliphatic rings. The van der Waals surface area contributed by atoms with Gasteiger partial charge in [0.05, 0.1) is 6.61 Å². The largest absolute Gasteiger partial charge is 0.494 e. The van der Waals surface area contributed by atoms with E-state index in [2.05, 4.69) is 13.8 Å². The van der Waals surface area contributed by atoms with Crippen molar-refractivity contribution in [1.82, 2.24) is 0 Å². The lowest BCUT2D eigenvalue weighted by atomic mass is 9.44. The molecule has 170 valence electrons. The van der Waals surface area contributed by atoms with Gasteiger partial charge in [-0.05, 0) is 79.5 Å². The van der Waals surface area contributed by atoms with E-state index in [0.717, 1.165) is 50.4 Å². The number of ketones is 2. The second-order valence-corrected chi connectivity index (χ2v) is 11.8. The molecule has 1 aliphatic heterocycles. The molecular formula is C27H35BO4. The van der Waals surface area contributed by atoms with Crippen LogP contribution < -0.4 is 5.46 Å². The Morgan fingerprint density at radius 2 is 1.72 bits per heavy atom. The standard InChI is InChI=1S/C27H35BO4/c1-25-13-10-20(29)16-18(25)8-9-21-22(25)11-14-26(2)23(21)12-15-27(26)24(30)17-31-28(32-27)19-6-4-3-5-7-19/h3-7,18,21-23H,8-17H2,1-2H3/t18-,21-,22+,23+,25+,26+,27+/m1/s1. The number of fused-ring (bicyclic) bond motifs is 6. The maximum absolute atomic E-state index is 13.5. The molecule has 4 nitrogen and oxygen atoms in total. The fourth-order valence-electron chi connectivity index (χ4n) is 9.02. The van der Waals surface area contributed by atoms with Crippen molar-refractivity contribution in [3.8, 4) is 0 Å². The average Bonchev–Trinajstić information content (AvgIpc) is 3.09. The van der Waals surface area contributed by atoms with E-state index in [0.29, 0.717) is 34.9 Å². The first-order valence-electron chi connectivity index (χ1n) is 12.8. The Morgan fingerprint density at radius 3 is 2.53 bits per heavy atom. The van der Waals surface area contributed by atoms with E-state index in [-0.39, 0.29) is 17.8 Å². The van der Waals surface area contributed by atoms with Gasteiger partial charge in [-0.1, -0.05) is 44.2 Å². The number of carbonyl (C=O) groups excluding carboxylic acids is 2. The molecule has 6 rings (SSSR count). The number of rotatable bonds is 1. The number of hydrogen-bond donors (Lipinski definition) is 0. The number of hydrogen-bond acceptors (Lipinski definition) is 4. The minimum atomic E-state index is -0.721. The van der Waals surface area contributed by atoms with Crippen molar-refractivity contribution in [1.29, 1.82) is 0 Å². The summed E-state index contributed by atoms with van der Waals surface area (Å²) >= 11 is 0. The maximum atomic E-state index is 13.5. The first-order chi connectivity index (χ1) is 15.4. The molecular weight excluding hydrogens is 399 g/mol. The molecule has 0 unspecified atom stereocenters. The minimum absolute atomic E-state index is 0.129. The van der Waals surface area contributed by atoms with E-state index in [1.165, 1.54) is 12.8 Å². The summed E-state index contributed by atoms with van der Waals surface area (Å²) in [6.45, 7) is 4.98. The third kappa shape index (κ3) is 2.76. The molecule has 5 heteroatoms. The van der Waals surface area contributed by atoms with E-state index in [1.807, 2.05) is 30.3 Å². The lowest BCUT2D eigenvalue weighted by molar-refractivity contribution is -0.175. The molecule has 4 aliphatic carbocycles. The summed E-state index contributed by atoms with van der Waals surface area (Å²) in [6, 6.07) is 10.1. The molecule has 32 heavy (non-hydrogen) atoms. The maximum Gasteiger partial charge on any atom is 0.494 e. The van der Waals surface area contributed by atoms with Crippen LogP contribution in [0.25, 0.3) is 0 Å². The number of Topliss-reactive ketones (excluding diaryl/α,β-unsaturated/α-hetero) is 2. The van der Waals surface area contributed by atoms with Crippen LogP contribution >= 0.6 is 0 Å². The molecule has 1 spiro atoms. The van der Waals surface area contributed by atoms with Gasteiger partial charge in [-0.2, -0.15) is 0 Å². The Kier molecular flexibility index (Phi) is 4.79. The van der Waals surface area contributed by atoms with Gasteiger partial charge in [-0.15, -0.1) is 0 Å². The van der Waals surface area contributed by atoms with Crippen molar-refractivity contribution in [3.05, 3.63) is 30.3 Å². The third-order valence-electron chi connectivity index (χ3n) is 10.8. The molecule has 5 fully saturated rings. The molecule has 1 saturated heterocycles. The molecule has 1 aromatic carbocycles. The van der Waals surface area contributed by atoms with Crippen molar-refractivity contribution in [2.45, 2.75) is 77.2 Å². The lowest BCUT2D eigenvalue weighted by Crippen LogP contribution is -2.65. The summed E-state index contributed by atoms with van der Waals surface area (Å²) in [5.74, 6) is 3.04. The second kappa shape index (κ2) is 7.27. The fraction of sp³-hybridized carbons (Fsp3) is 0.704.